The van der Waals surface area contributed by atoms with Crippen molar-refractivity contribution in [1.82, 2.24) is 10.2 Å². The summed E-state index contributed by atoms with van der Waals surface area (Å²) in [4.78, 5) is 11.9. The number of rotatable bonds is 7. The van der Waals surface area contributed by atoms with E-state index in [1.54, 1.807) is 19.2 Å². The average Bonchev–Trinajstić information content (AvgIpc) is 3.29. The quantitative estimate of drug-likeness (QED) is 0.616. The summed E-state index contributed by atoms with van der Waals surface area (Å²) < 4.78 is 20.9. The number of para-hydroxylation sites is 1. The molecule has 0 saturated carbocycles. The highest BCUT2D eigenvalue weighted by molar-refractivity contribution is 5.69. The minimum atomic E-state index is -0.348. The molecule has 7 heteroatoms. The molecule has 0 unspecified atom stereocenters. The number of benzene rings is 1. The van der Waals surface area contributed by atoms with Gasteiger partial charge in [0, 0.05) is 6.42 Å². The van der Waals surface area contributed by atoms with Gasteiger partial charge in [-0.2, -0.15) is 0 Å². The van der Waals surface area contributed by atoms with E-state index in [-0.39, 0.29) is 30.8 Å². The van der Waals surface area contributed by atoms with Gasteiger partial charge in [0.05, 0.1) is 13.4 Å². The summed E-state index contributed by atoms with van der Waals surface area (Å²) >= 11 is 0. The van der Waals surface area contributed by atoms with Crippen molar-refractivity contribution in [2.24, 2.45) is 0 Å². The SMILES string of the molecule is COc1ccccc1CCC(=O)OCc1nnc(-c2ccco2)o1. The lowest BCUT2D eigenvalue weighted by Crippen LogP contribution is -2.06. The van der Waals surface area contributed by atoms with Gasteiger partial charge >= 0.3 is 5.97 Å². The molecular weight excluding hydrogens is 312 g/mol. The van der Waals surface area contributed by atoms with Gasteiger partial charge in [0.2, 0.25) is 0 Å². The second-order valence-corrected chi connectivity index (χ2v) is 4.95. The third-order valence-corrected chi connectivity index (χ3v) is 3.35. The molecule has 0 aliphatic rings. The zero-order valence-electron chi connectivity index (χ0n) is 13.1. The first kappa shape index (κ1) is 15.8. The molecule has 2 heterocycles. The van der Waals surface area contributed by atoms with Crippen molar-refractivity contribution in [2.75, 3.05) is 7.11 Å². The maximum Gasteiger partial charge on any atom is 0.306 e. The van der Waals surface area contributed by atoms with Gasteiger partial charge in [-0.15, -0.1) is 10.2 Å². The summed E-state index contributed by atoms with van der Waals surface area (Å²) in [5.41, 5.74) is 0.954. The predicted molar refractivity (Wildman–Crippen MR) is 83.1 cm³/mol. The molecule has 0 saturated heterocycles. The van der Waals surface area contributed by atoms with Gasteiger partial charge in [-0.05, 0) is 30.2 Å². The number of aryl methyl sites for hydroxylation is 1. The van der Waals surface area contributed by atoms with Crippen molar-refractivity contribution in [3.8, 4) is 17.4 Å². The Balaban J connectivity index is 1.49. The molecule has 0 bridgehead atoms. The van der Waals surface area contributed by atoms with E-state index in [1.165, 1.54) is 6.26 Å². The second kappa shape index (κ2) is 7.45. The summed E-state index contributed by atoms with van der Waals surface area (Å²) in [7, 11) is 1.60. The number of furan rings is 1. The first-order chi connectivity index (χ1) is 11.8. The topological polar surface area (TPSA) is 87.6 Å². The van der Waals surface area contributed by atoms with Crippen LogP contribution in [0.3, 0.4) is 0 Å². The van der Waals surface area contributed by atoms with E-state index in [1.807, 2.05) is 24.3 Å². The van der Waals surface area contributed by atoms with Crippen molar-refractivity contribution in [2.45, 2.75) is 19.4 Å². The molecule has 3 aromatic rings. The van der Waals surface area contributed by atoms with Crippen LogP contribution in [0.5, 0.6) is 5.75 Å². The molecule has 0 amide bonds. The van der Waals surface area contributed by atoms with E-state index in [4.69, 9.17) is 18.3 Å². The van der Waals surface area contributed by atoms with Gasteiger partial charge in [-0.3, -0.25) is 4.79 Å². The van der Waals surface area contributed by atoms with Gasteiger partial charge in [0.25, 0.3) is 11.8 Å². The smallest absolute Gasteiger partial charge is 0.306 e. The maximum atomic E-state index is 11.9. The summed E-state index contributed by atoms with van der Waals surface area (Å²) in [5, 5.41) is 7.65. The van der Waals surface area contributed by atoms with E-state index in [0.717, 1.165) is 11.3 Å². The van der Waals surface area contributed by atoms with Crippen LogP contribution >= 0.6 is 0 Å². The Hall–Kier alpha value is -3.09. The highest BCUT2D eigenvalue weighted by atomic mass is 16.5. The zero-order valence-corrected chi connectivity index (χ0v) is 13.1. The lowest BCUT2D eigenvalue weighted by Gasteiger charge is -2.07. The third-order valence-electron chi connectivity index (χ3n) is 3.35. The van der Waals surface area contributed by atoms with Crippen LogP contribution in [0.25, 0.3) is 11.7 Å². The monoisotopic (exact) mass is 328 g/mol. The number of carbonyl (C=O) groups is 1. The molecule has 24 heavy (non-hydrogen) atoms. The number of nitrogens with zero attached hydrogens (tertiary/aromatic N) is 2. The molecule has 0 N–H and O–H groups in total. The number of hydrogen-bond donors (Lipinski definition) is 0. The summed E-state index contributed by atoms with van der Waals surface area (Å²) in [6.07, 6.45) is 2.28. The number of ether oxygens (including phenoxy) is 2. The molecule has 124 valence electrons. The predicted octanol–water partition coefficient (Wildman–Crippen LogP) is 3.01. The lowest BCUT2D eigenvalue weighted by atomic mass is 10.1. The van der Waals surface area contributed by atoms with E-state index < -0.39 is 0 Å². The fraction of sp³-hybridized carbons (Fsp3) is 0.235. The minimum absolute atomic E-state index is 0.0710. The first-order valence-corrected chi connectivity index (χ1v) is 7.40. The molecule has 1 aromatic carbocycles. The van der Waals surface area contributed by atoms with Gasteiger partial charge < -0.3 is 18.3 Å². The number of methoxy groups -OCH3 is 1. The normalized spacial score (nSPS) is 10.5. The summed E-state index contributed by atoms with van der Waals surface area (Å²) in [6, 6.07) is 11.0. The Labute approximate surface area is 138 Å². The maximum absolute atomic E-state index is 11.9. The Bertz CT molecular complexity index is 795. The highest BCUT2D eigenvalue weighted by Crippen LogP contribution is 2.20. The van der Waals surface area contributed by atoms with E-state index in [2.05, 4.69) is 10.2 Å². The minimum Gasteiger partial charge on any atom is -0.496 e. The van der Waals surface area contributed by atoms with Crippen molar-refractivity contribution in [1.29, 1.82) is 0 Å². The number of esters is 1. The van der Waals surface area contributed by atoms with E-state index in [9.17, 15) is 4.79 Å². The number of hydrogen-bond acceptors (Lipinski definition) is 7. The Kier molecular flexibility index (Phi) is 4.90. The molecule has 0 aliphatic heterocycles. The van der Waals surface area contributed by atoms with E-state index in [0.29, 0.717) is 12.2 Å². The van der Waals surface area contributed by atoms with Crippen LogP contribution in [-0.2, 0) is 22.6 Å². The van der Waals surface area contributed by atoms with Crippen molar-refractivity contribution >= 4 is 5.97 Å². The van der Waals surface area contributed by atoms with Gasteiger partial charge in [-0.1, -0.05) is 18.2 Å². The Morgan fingerprint density at radius 1 is 1.17 bits per heavy atom. The molecular formula is C17H16N2O5. The van der Waals surface area contributed by atoms with Crippen LogP contribution in [0.1, 0.15) is 17.9 Å². The molecule has 0 radical (unpaired) electrons. The van der Waals surface area contributed by atoms with Crippen molar-refractivity contribution in [3.63, 3.8) is 0 Å². The average molecular weight is 328 g/mol. The third kappa shape index (κ3) is 3.81. The number of aromatic nitrogens is 2. The number of carbonyl (C=O) groups excluding carboxylic acids is 1. The Morgan fingerprint density at radius 3 is 2.83 bits per heavy atom. The van der Waals surface area contributed by atoms with Crippen LogP contribution in [0.15, 0.2) is 51.5 Å². The first-order valence-electron chi connectivity index (χ1n) is 7.40. The fourth-order valence-corrected chi connectivity index (χ4v) is 2.17. The van der Waals surface area contributed by atoms with Crippen LogP contribution in [0, 0.1) is 0 Å². The molecule has 0 aliphatic carbocycles. The van der Waals surface area contributed by atoms with Crippen molar-refractivity contribution in [3.05, 3.63) is 54.1 Å². The second-order valence-electron chi connectivity index (χ2n) is 4.95. The zero-order chi connectivity index (χ0) is 16.8. The van der Waals surface area contributed by atoms with Gasteiger partial charge in [0.15, 0.2) is 12.4 Å². The molecule has 3 rings (SSSR count). The van der Waals surface area contributed by atoms with Gasteiger partial charge in [0.1, 0.15) is 5.75 Å². The standard InChI is InChI=1S/C17H16N2O5/c1-21-13-6-3-2-5-12(13)8-9-16(20)23-11-15-18-19-17(24-15)14-7-4-10-22-14/h2-7,10H,8-9,11H2,1H3. The van der Waals surface area contributed by atoms with Crippen LogP contribution < -0.4 is 4.74 Å². The highest BCUT2D eigenvalue weighted by Gasteiger charge is 2.13. The molecule has 2 aromatic heterocycles. The molecule has 0 spiro atoms. The summed E-state index contributed by atoms with van der Waals surface area (Å²) in [5.74, 6) is 1.34. The van der Waals surface area contributed by atoms with Crippen LogP contribution in [0.4, 0.5) is 0 Å². The van der Waals surface area contributed by atoms with Crippen LogP contribution in [-0.4, -0.2) is 23.3 Å². The molecule has 0 atom stereocenters. The summed E-state index contributed by atoms with van der Waals surface area (Å²) in [6.45, 7) is -0.0710. The van der Waals surface area contributed by atoms with Gasteiger partial charge in [-0.25, -0.2) is 0 Å². The van der Waals surface area contributed by atoms with Crippen LogP contribution in [0.2, 0.25) is 0 Å². The van der Waals surface area contributed by atoms with E-state index >= 15 is 0 Å². The van der Waals surface area contributed by atoms with Crippen molar-refractivity contribution < 1.29 is 23.1 Å². The lowest BCUT2D eigenvalue weighted by molar-refractivity contribution is -0.145. The fourth-order valence-electron chi connectivity index (χ4n) is 2.17. The largest absolute Gasteiger partial charge is 0.496 e. The molecule has 0 fully saturated rings. The Morgan fingerprint density at radius 2 is 2.04 bits per heavy atom. The molecule has 7 nitrogen and oxygen atoms in total.